The van der Waals surface area contributed by atoms with Crippen LogP contribution in [-0.2, 0) is 14.3 Å². The average Bonchev–Trinajstić information content (AvgIpc) is 3.33. The Morgan fingerprint density at radius 2 is 2.06 bits per heavy atom. The van der Waals surface area contributed by atoms with E-state index in [1.807, 2.05) is 19.1 Å². The third-order valence-electron chi connectivity index (χ3n) is 7.95. The van der Waals surface area contributed by atoms with Gasteiger partial charge < -0.3 is 14.6 Å². The lowest BCUT2D eigenvalue weighted by atomic mass is 9.54. The van der Waals surface area contributed by atoms with Gasteiger partial charge in [-0.05, 0) is 81.4 Å². The van der Waals surface area contributed by atoms with Crippen molar-refractivity contribution in [2.24, 2.45) is 23.2 Å². The molecule has 0 aromatic heterocycles. The molecule has 0 aromatic carbocycles. The van der Waals surface area contributed by atoms with Gasteiger partial charge in [0.15, 0.2) is 17.3 Å². The Balaban J connectivity index is 1.74. The first-order valence-corrected chi connectivity index (χ1v) is 11.8. The molecule has 5 atom stereocenters. The summed E-state index contributed by atoms with van der Waals surface area (Å²) in [5.74, 6) is 8.60. The van der Waals surface area contributed by atoms with Gasteiger partial charge in [0.1, 0.15) is 5.60 Å². The Morgan fingerprint density at radius 3 is 2.84 bits per heavy atom. The molecule has 0 saturated heterocycles. The van der Waals surface area contributed by atoms with E-state index in [2.05, 4.69) is 37.5 Å². The molecule has 3 aliphatic carbocycles. The van der Waals surface area contributed by atoms with Crippen molar-refractivity contribution in [2.45, 2.75) is 64.4 Å². The van der Waals surface area contributed by atoms with E-state index in [-0.39, 0.29) is 23.9 Å². The van der Waals surface area contributed by atoms with Gasteiger partial charge in [0.25, 0.3) is 0 Å². The number of ketones is 1. The Bertz CT molecular complexity index is 956. The molecule has 0 unspecified atom stereocenters. The highest BCUT2D eigenvalue weighted by molar-refractivity contribution is 5.89. The van der Waals surface area contributed by atoms with Gasteiger partial charge in [-0.3, -0.25) is 4.79 Å². The third-order valence-corrected chi connectivity index (χ3v) is 7.95. The second-order valence-electron chi connectivity index (χ2n) is 9.60. The molecule has 0 bridgehead atoms. The summed E-state index contributed by atoms with van der Waals surface area (Å²) < 4.78 is 11.1. The summed E-state index contributed by atoms with van der Waals surface area (Å²) in [5.41, 5.74) is 0.142. The SMILES string of the molecule is C=CC1=C(/C=C/[C@H]2C[C@@]3(C)[C@@H](CC[C@@]3(O)C#CC)[C@@H]3CC/C=C/C(=O)CCC=C32)OCO1. The van der Waals surface area contributed by atoms with Crippen LogP contribution in [0.5, 0.6) is 0 Å². The smallest absolute Gasteiger partial charge is 0.231 e. The van der Waals surface area contributed by atoms with Crippen LogP contribution in [0.3, 0.4) is 0 Å². The topological polar surface area (TPSA) is 55.8 Å². The summed E-state index contributed by atoms with van der Waals surface area (Å²) in [6.07, 6.45) is 17.6. The maximum absolute atomic E-state index is 12.1. The van der Waals surface area contributed by atoms with Crippen molar-refractivity contribution in [1.82, 2.24) is 0 Å². The lowest BCUT2D eigenvalue weighted by Gasteiger charge is -2.51. The normalized spacial score (nSPS) is 38.0. The van der Waals surface area contributed by atoms with Gasteiger partial charge in [-0.1, -0.05) is 43.2 Å². The molecule has 1 N–H and O–H groups in total. The van der Waals surface area contributed by atoms with E-state index < -0.39 is 5.60 Å². The minimum atomic E-state index is -0.969. The van der Waals surface area contributed by atoms with Crippen LogP contribution in [0.15, 0.2) is 60.1 Å². The van der Waals surface area contributed by atoms with Crippen molar-refractivity contribution < 1.29 is 19.4 Å². The zero-order chi connectivity index (χ0) is 22.8. The lowest BCUT2D eigenvalue weighted by Crippen LogP contribution is -2.50. The molecule has 0 amide bonds. The maximum Gasteiger partial charge on any atom is 0.231 e. The second-order valence-corrected chi connectivity index (χ2v) is 9.60. The van der Waals surface area contributed by atoms with Crippen molar-refractivity contribution in [2.75, 3.05) is 6.79 Å². The third kappa shape index (κ3) is 3.99. The Hall–Kier alpha value is -2.51. The fraction of sp³-hybridized carbons (Fsp3) is 0.536. The van der Waals surface area contributed by atoms with Gasteiger partial charge in [0, 0.05) is 11.8 Å². The molecule has 2 fully saturated rings. The fourth-order valence-electron chi connectivity index (χ4n) is 6.33. The van der Waals surface area contributed by atoms with Gasteiger partial charge in [-0.25, -0.2) is 0 Å². The lowest BCUT2D eigenvalue weighted by molar-refractivity contribution is -0.114. The Labute approximate surface area is 191 Å². The van der Waals surface area contributed by atoms with E-state index >= 15 is 0 Å². The molecule has 32 heavy (non-hydrogen) atoms. The molecular weight excluding hydrogens is 400 g/mol. The van der Waals surface area contributed by atoms with E-state index in [0.29, 0.717) is 36.2 Å². The number of aliphatic hydroxyl groups is 1. The van der Waals surface area contributed by atoms with E-state index in [4.69, 9.17) is 9.47 Å². The molecule has 0 aromatic rings. The molecule has 0 radical (unpaired) electrons. The molecule has 4 heteroatoms. The standard InChI is InChI=1S/C28H34O4/c1-4-16-28(30)17-15-24-23-11-7-6-9-21(29)10-8-12-22(23)20(18-27(24,28)3)13-14-26-25(5-2)31-19-32-26/h5-6,9,12-14,20,23-24,30H,2,7-8,10-11,15,17-19H2,1,3H3/b9-6+,14-13+,22-12?/t20-,23+,24-,27-,28-/m0/s1. The van der Waals surface area contributed by atoms with Crippen LogP contribution < -0.4 is 0 Å². The number of fused-ring (bicyclic) bond motifs is 3. The van der Waals surface area contributed by atoms with Crippen molar-refractivity contribution in [3.8, 4) is 11.8 Å². The van der Waals surface area contributed by atoms with Crippen LogP contribution in [0.25, 0.3) is 0 Å². The molecule has 2 saturated carbocycles. The van der Waals surface area contributed by atoms with Crippen LogP contribution in [0.2, 0.25) is 0 Å². The number of carbonyl (C=O) groups excluding carboxylic acids is 1. The minimum Gasteiger partial charge on any atom is -0.454 e. The maximum atomic E-state index is 12.1. The predicted molar refractivity (Wildman–Crippen MR) is 125 cm³/mol. The highest BCUT2D eigenvalue weighted by Crippen LogP contribution is 2.63. The summed E-state index contributed by atoms with van der Waals surface area (Å²) >= 11 is 0. The van der Waals surface area contributed by atoms with Gasteiger partial charge in [-0.2, -0.15) is 0 Å². The molecule has 4 nitrogen and oxygen atoms in total. The number of rotatable bonds is 3. The fourth-order valence-corrected chi connectivity index (χ4v) is 6.33. The molecule has 4 aliphatic rings. The van der Waals surface area contributed by atoms with Crippen LogP contribution >= 0.6 is 0 Å². The zero-order valence-corrected chi connectivity index (χ0v) is 19.2. The van der Waals surface area contributed by atoms with E-state index in [1.165, 1.54) is 5.57 Å². The average molecular weight is 435 g/mol. The first-order chi connectivity index (χ1) is 15.4. The summed E-state index contributed by atoms with van der Waals surface area (Å²) in [7, 11) is 0. The molecule has 0 spiro atoms. The van der Waals surface area contributed by atoms with Gasteiger partial charge in [0.2, 0.25) is 6.79 Å². The first kappa shape index (κ1) is 22.7. The van der Waals surface area contributed by atoms with Crippen molar-refractivity contribution >= 4 is 5.78 Å². The number of hydrogen-bond acceptors (Lipinski definition) is 4. The molecule has 1 aliphatic heterocycles. The number of allylic oxidation sites excluding steroid dienone is 7. The minimum absolute atomic E-state index is 0.144. The Morgan fingerprint density at radius 1 is 1.25 bits per heavy atom. The van der Waals surface area contributed by atoms with Crippen molar-refractivity contribution in [3.05, 3.63) is 60.1 Å². The number of hydrogen-bond donors (Lipinski definition) is 1. The van der Waals surface area contributed by atoms with Crippen molar-refractivity contribution in [1.29, 1.82) is 0 Å². The number of carbonyl (C=O) groups is 1. The molecule has 170 valence electrons. The van der Waals surface area contributed by atoms with Gasteiger partial charge >= 0.3 is 0 Å². The predicted octanol–water partition coefficient (Wildman–Crippen LogP) is 5.38. The van der Waals surface area contributed by atoms with E-state index in [0.717, 1.165) is 32.1 Å². The van der Waals surface area contributed by atoms with E-state index in [1.54, 1.807) is 12.2 Å². The highest BCUT2D eigenvalue weighted by Gasteiger charge is 2.61. The summed E-state index contributed by atoms with van der Waals surface area (Å²) in [4.78, 5) is 12.1. The van der Waals surface area contributed by atoms with Crippen LogP contribution in [0.1, 0.15) is 58.8 Å². The van der Waals surface area contributed by atoms with E-state index in [9.17, 15) is 9.90 Å². The van der Waals surface area contributed by atoms with Crippen molar-refractivity contribution in [3.63, 3.8) is 0 Å². The number of ether oxygens (including phenoxy) is 2. The highest BCUT2D eigenvalue weighted by atomic mass is 16.7. The summed E-state index contributed by atoms with van der Waals surface area (Å²) in [6.45, 7) is 8.05. The second kappa shape index (κ2) is 9.16. The summed E-state index contributed by atoms with van der Waals surface area (Å²) in [5, 5.41) is 11.6. The van der Waals surface area contributed by atoms with Gasteiger partial charge in [0.05, 0.1) is 0 Å². The van der Waals surface area contributed by atoms with Gasteiger partial charge in [-0.15, -0.1) is 5.92 Å². The zero-order valence-electron chi connectivity index (χ0n) is 19.2. The summed E-state index contributed by atoms with van der Waals surface area (Å²) in [6, 6.07) is 0. The monoisotopic (exact) mass is 434 g/mol. The molecule has 4 rings (SSSR count). The molecule has 1 heterocycles. The molecular formula is C28H34O4. The first-order valence-electron chi connectivity index (χ1n) is 11.8. The van der Waals surface area contributed by atoms with Crippen LogP contribution in [0, 0.1) is 35.0 Å². The van der Waals surface area contributed by atoms with Crippen LogP contribution in [-0.4, -0.2) is 23.3 Å². The van der Waals surface area contributed by atoms with Crippen LogP contribution in [0.4, 0.5) is 0 Å². The quantitative estimate of drug-likeness (QED) is 0.479. The Kier molecular flexibility index (Phi) is 6.49. The largest absolute Gasteiger partial charge is 0.454 e.